The Kier molecular flexibility index (Phi) is 6.72. The summed E-state index contributed by atoms with van der Waals surface area (Å²) >= 11 is 0. The van der Waals surface area contributed by atoms with Gasteiger partial charge in [-0.25, -0.2) is 19.3 Å². The number of rotatable bonds is 8. The first-order valence-electron chi connectivity index (χ1n) is 13.2. The van der Waals surface area contributed by atoms with Gasteiger partial charge in [0.1, 0.15) is 17.3 Å². The van der Waals surface area contributed by atoms with E-state index in [1.54, 1.807) is 18.5 Å². The van der Waals surface area contributed by atoms with E-state index in [0.717, 1.165) is 55.3 Å². The highest BCUT2D eigenvalue weighted by molar-refractivity contribution is 5.96. The van der Waals surface area contributed by atoms with Crippen molar-refractivity contribution in [1.29, 1.82) is 0 Å². The number of pyridine rings is 1. The molecular formula is C30H30FN5O2. The largest absolute Gasteiger partial charge is 0.437 e. The lowest BCUT2D eigenvalue weighted by Gasteiger charge is -2.23. The Bertz CT molecular complexity index is 1500. The number of piperidine rings is 1. The summed E-state index contributed by atoms with van der Waals surface area (Å²) in [5.74, 6) is 1.35. The van der Waals surface area contributed by atoms with Gasteiger partial charge in [0.25, 0.3) is 0 Å². The fourth-order valence-electron chi connectivity index (χ4n) is 5.06. The minimum absolute atomic E-state index is 0.0727. The van der Waals surface area contributed by atoms with E-state index in [9.17, 15) is 9.18 Å². The predicted molar refractivity (Wildman–Crippen MR) is 145 cm³/mol. The minimum atomic E-state index is -0.367. The van der Waals surface area contributed by atoms with Crippen molar-refractivity contribution in [1.82, 2.24) is 20.3 Å². The summed E-state index contributed by atoms with van der Waals surface area (Å²) in [7, 11) is 0. The number of nitrogens with zero attached hydrogens (tertiary/aromatic N) is 3. The van der Waals surface area contributed by atoms with Gasteiger partial charge < -0.3 is 15.4 Å². The van der Waals surface area contributed by atoms with Crippen molar-refractivity contribution in [2.75, 3.05) is 18.4 Å². The molecule has 0 radical (unpaired) electrons. The van der Waals surface area contributed by atoms with Gasteiger partial charge in [-0.1, -0.05) is 12.1 Å². The molecule has 4 aromatic rings. The summed E-state index contributed by atoms with van der Waals surface area (Å²) in [6, 6.07) is 12.8. The smallest absolute Gasteiger partial charge is 0.228 e. The molecule has 0 bridgehead atoms. The van der Waals surface area contributed by atoms with E-state index in [1.165, 1.54) is 6.07 Å². The van der Waals surface area contributed by atoms with Crippen molar-refractivity contribution in [3.05, 3.63) is 71.8 Å². The Labute approximate surface area is 220 Å². The number of ketones is 1. The number of ether oxygens (including phenoxy) is 1. The second-order valence-electron chi connectivity index (χ2n) is 10.2. The Hall–Kier alpha value is -3.91. The van der Waals surface area contributed by atoms with Crippen molar-refractivity contribution in [2.45, 2.75) is 45.1 Å². The van der Waals surface area contributed by atoms with Crippen LogP contribution in [0.5, 0.6) is 11.6 Å². The van der Waals surface area contributed by atoms with Gasteiger partial charge in [0, 0.05) is 48.3 Å². The highest BCUT2D eigenvalue weighted by atomic mass is 19.1. The summed E-state index contributed by atoms with van der Waals surface area (Å²) in [4.78, 5) is 26.2. The van der Waals surface area contributed by atoms with E-state index in [-0.39, 0.29) is 30.0 Å². The predicted octanol–water partition coefficient (Wildman–Crippen LogP) is 5.62. The molecule has 8 heteroatoms. The van der Waals surface area contributed by atoms with Crippen LogP contribution in [0.25, 0.3) is 22.0 Å². The topological polar surface area (TPSA) is 89.0 Å². The van der Waals surface area contributed by atoms with E-state index in [1.807, 2.05) is 37.3 Å². The number of aromatic nitrogens is 3. The van der Waals surface area contributed by atoms with Gasteiger partial charge in [0.15, 0.2) is 0 Å². The number of nitrogens with one attached hydrogen (secondary N) is 2. The van der Waals surface area contributed by atoms with Crippen LogP contribution in [0.1, 0.15) is 36.8 Å². The number of anilines is 1. The number of fused-ring (bicyclic) bond motifs is 1. The zero-order valence-electron chi connectivity index (χ0n) is 21.3. The van der Waals surface area contributed by atoms with Gasteiger partial charge in [0.2, 0.25) is 11.8 Å². The molecule has 38 heavy (non-hydrogen) atoms. The van der Waals surface area contributed by atoms with Crippen LogP contribution in [0.2, 0.25) is 0 Å². The van der Waals surface area contributed by atoms with E-state index in [2.05, 4.69) is 20.6 Å². The van der Waals surface area contributed by atoms with E-state index in [0.29, 0.717) is 34.2 Å². The molecule has 0 amide bonds. The van der Waals surface area contributed by atoms with Gasteiger partial charge in [-0.05, 0) is 80.4 Å². The monoisotopic (exact) mass is 511 g/mol. The summed E-state index contributed by atoms with van der Waals surface area (Å²) in [6.45, 7) is 3.86. The zero-order chi connectivity index (χ0) is 26.1. The highest BCUT2D eigenvalue weighted by Gasteiger charge is 2.30. The molecule has 2 aromatic carbocycles. The van der Waals surface area contributed by atoms with Crippen molar-refractivity contribution in [3.8, 4) is 22.9 Å². The second kappa shape index (κ2) is 10.5. The maximum Gasteiger partial charge on any atom is 0.228 e. The van der Waals surface area contributed by atoms with Crippen LogP contribution in [-0.4, -0.2) is 39.9 Å². The first-order chi connectivity index (χ1) is 18.6. The fraction of sp³-hybridized carbons (Fsp3) is 0.333. The molecule has 2 N–H and O–H groups in total. The van der Waals surface area contributed by atoms with Gasteiger partial charge in [0.05, 0.1) is 11.3 Å². The van der Waals surface area contributed by atoms with Crippen molar-refractivity contribution in [2.24, 2.45) is 5.92 Å². The van der Waals surface area contributed by atoms with Crippen molar-refractivity contribution >= 4 is 22.5 Å². The molecule has 194 valence electrons. The maximum atomic E-state index is 14.9. The third-order valence-corrected chi connectivity index (χ3v) is 7.32. The Morgan fingerprint density at radius 2 is 1.95 bits per heavy atom. The lowest BCUT2D eigenvalue weighted by molar-refractivity contribution is -0.119. The standard InChI is InChI=1S/C30H30FN5O2/c1-18-6-9-21-22(10-11-25(31)24(21)16-27(37)19-7-8-19)28(18)38-29-23(5-3-14-33-29)26-12-15-34-30(36-26)35-20-4-2-13-32-17-20/h3,5-6,9-12,14-15,19-20,32H,2,4,7-8,13,16-17H2,1H3,(H,34,35,36)/t20-/m0/s1. The van der Waals surface area contributed by atoms with Crippen LogP contribution >= 0.6 is 0 Å². The van der Waals surface area contributed by atoms with Gasteiger partial charge in [-0.3, -0.25) is 4.79 Å². The van der Waals surface area contributed by atoms with E-state index in [4.69, 9.17) is 9.72 Å². The van der Waals surface area contributed by atoms with E-state index < -0.39 is 0 Å². The minimum Gasteiger partial charge on any atom is -0.437 e. The molecule has 1 aliphatic heterocycles. The summed E-state index contributed by atoms with van der Waals surface area (Å²) < 4.78 is 21.3. The van der Waals surface area contributed by atoms with Crippen LogP contribution < -0.4 is 15.4 Å². The quantitative estimate of drug-likeness (QED) is 0.318. The number of benzene rings is 2. The van der Waals surface area contributed by atoms with Crippen molar-refractivity contribution < 1.29 is 13.9 Å². The summed E-state index contributed by atoms with van der Waals surface area (Å²) in [6.07, 6.45) is 7.48. The molecule has 1 saturated carbocycles. The lowest BCUT2D eigenvalue weighted by Crippen LogP contribution is -2.38. The Balaban J connectivity index is 1.34. The highest BCUT2D eigenvalue weighted by Crippen LogP contribution is 2.39. The Morgan fingerprint density at radius 1 is 1.08 bits per heavy atom. The molecular weight excluding hydrogens is 481 g/mol. The molecule has 6 rings (SSSR count). The fourth-order valence-corrected chi connectivity index (χ4v) is 5.06. The summed E-state index contributed by atoms with van der Waals surface area (Å²) in [5.41, 5.74) is 2.72. The van der Waals surface area contributed by atoms with E-state index >= 15 is 0 Å². The molecule has 1 aliphatic carbocycles. The number of carbonyl (C=O) groups is 1. The lowest BCUT2D eigenvalue weighted by atomic mass is 9.96. The molecule has 3 heterocycles. The first kappa shape index (κ1) is 24.4. The van der Waals surface area contributed by atoms with Crippen LogP contribution in [0, 0.1) is 18.7 Å². The van der Waals surface area contributed by atoms with Gasteiger partial charge in [-0.15, -0.1) is 0 Å². The number of hydrogen-bond acceptors (Lipinski definition) is 7. The molecule has 1 atom stereocenters. The van der Waals surface area contributed by atoms with Crippen LogP contribution in [0.15, 0.2) is 54.9 Å². The normalized spacial score (nSPS) is 17.4. The number of hydrogen-bond donors (Lipinski definition) is 2. The third kappa shape index (κ3) is 5.09. The van der Waals surface area contributed by atoms with Crippen molar-refractivity contribution in [3.63, 3.8) is 0 Å². The number of halogens is 1. The molecule has 0 unspecified atom stereocenters. The third-order valence-electron chi connectivity index (χ3n) is 7.32. The maximum absolute atomic E-state index is 14.9. The SMILES string of the molecule is Cc1ccc2c(CC(=O)C3CC3)c(F)ccc2c1Oc1ncccc1-c1ccnc(N[C@H]2CCCNC2)n1. The van der Waals surface area contributed by atoms with Crippen LogP contribution in [0.3, 0.4) is 0 Å². The average molecular weight is 512 g/mol. The molecule has 2 aliphatic rings. The van der Waals surface area contributed by atoms with Crippen LogP contribution in [0.4, 0.5) is 10.3 Å². The average Bonchev–Trinajstić information content (AvgIpc) is 3.79. The first-order valence-corrected chi connectivity index (χ1v) is 13.2. The molecule has 2 fully saturated rings. The second-order valence-corrected chi connectivity index (χ2v) is 10.2. The van der Waals surface area contributed by atoms with Crippen LogP contribution in [-0.2, 0) is 11.2 Å². The molecule has 7 nitrogen and oxygen atoms in total. The van der Waals surface area contributed by atoms with Gasteiger partial charge >= 0.3 is 0 Å². The molecule has 2 aromatic heterocycles. The Morgan fingerprint density at radius 3 is 2.76 bits per heavy atom. The number of aryl methyl sites for hydroxylation is 1. The number of Topliss-reactive ketones (excluding diaryl/α,β-unsaturated/α-hetero) is 1. The van der Waals surface area contributed by atoms with Gasteiger partial charge in [-0.2, -0.15) is 0 Å². The summed E-state index contributed by atoms with van der Waals surface area (Å²) in [5, 5.41) is 8.25. The molecule has 0 spiro atoms. The zero-order valence-corrected chi connectivity index (χ0v) is 21.3. The molecule has 1 saturated heterocycles. The number of carbonyl (C=O) groups excluding carboxylic acids is 1.